The van der Waals surface area contributed by atoms with Gasteiger partial charge in [0.05, 0.1) is 15.7 Å². The molecule has 0 unspecified atom stereocenters. The van der Waals surface area contributed by atoms with Crippen molar-refractivity contribution in [3.05, 3.63) is 34.3 Å². The molecule has 0 aliphatic heterocycles. The van der Waals surface area contributed by atoms with Crippen LogP contribution in [0.25, 0.3) is 10.2 Å². The fourth-order valence-corrected chi connectivity index (χ4v) is 4.20. The lowest BCUT2D eigenvalue weighted by atomic mass is 10.2. The average molecular weight is 336 g/mol. The molecule has 0 fully saturated rings. The zero-order valence-electron chi connectivity index (χ0n) is 11.2. The van der Waals surface area contributed by atoms with Crippen molar-refractivity contribution in [3.8, 4) is 0 Å². The predicted molar refractivity (Wildman–Crippen MR) is 87.3 cm³/mol. The molecule has 0 radical (unpaired) electrons. The van der Waals surface area contributed by atoms with Crippen LogP contribution in [0.1, 0.15) is 15.4 Å². The van der Waals surface area contributed by atoms with Gasteiger partial charge in [-0.25, -0.2) is 4.98 Å². The zero-order valence-corrected chi connectivity index (χ0v) is 13.6. The highest BCUT2D eigenvalue weighted by molar-refractivity contribution is 8.01. The summed E-state index contributed by atoms with van der Waals surface area (Å²) in [6, 6.07) is 5.56. The maximum absolute atomic E-state index is 12.1. The molecule has 1 aromatic carbocycles. The van der Waals surface area contributed by atoms with Crippen molar-refractivity contribution in [1.82, 2.24) is 20.5 Å². The van der Waals surface area contributed by atoms with Gasteiger partial charge in [0.2, 0.25) is 0 Å². The largest absolute Gasteiger partial charge is 0.351 e. The number of hydrogen-bond donors (Lipinski definition) is 1. The minimum absolute atomic E-state index is 0.0562. The van der Waals surface area contributed by atoms with E-state index in [1.807, 2.05) is 19.1 Å². The monoisotopic (exact) mass is 336 g/mol. The highest BCUT2D eigenvalue weighted by Crippen LogP contribution is 2.21. The molecule has 0 bridgehead atoms. The van der Waals surface area contributed by atoms with Crippen LogP contribution in [-0.2, 0) is 0 Å². The first-order valence-corrected chi connectivity index (χ1v) is 8.95. The number of thiazole rings is 1. The van der Waals surface area contributed by atoms with E-state index in [2.05, 4.69) is 20.5 Å². The molecule has 1 amide bonds. The van der Waals surface area contributed by atoms with Crippen molar-refractivity contribution in [2.75, 3.05) is 12.3 Å². The first-order chi connectivity index (χ1) is 10.2. The van der Waals surface area contributed by atoms with Crippen LogP contribution in [0.2, 0.25) is 0 Å². The van der Waals surface area contributed by atoms with Gasteiger partial charge in [-0.1, -0.05) is 23.1 Å². The van der Waals surface area contributed by atoms with Crippen molar-refractivity contribution >= 4 is 50.6 Å². The van der Waals surface area contributed by atoms with Gasteiger partial charge in [-0.05, 0) is 25.1 Å². The van der Waals surface area contributed by atoms with E-state index in [1.165, 1.54) is 11.3 Å². The third-order valence-electron chi connectivity index (χ3n) is 2.71. The molecule has 0 saturated carbocycles. The van der Waals surface area contributed by atoms with Gasteiger partial charge in [0.25, 0.3) is 5.91 Å². The standard InChI is InChI=1S/C13H12N4OS3/c1-8-16-17-13(21-8)19-5-4-14-12(18)9-2-3-10-11(6-9)20-7-15-10/h2-3,6-7H,4-5H2,1H3,(H,14,18). The molecule has 21 heavy (non-hydrogen) atoms. The highest BCUT2D eigenvalue weighted by Gasteiger charge is 2.07. The minimum atomic E-state index is -0.0562. The Morgan fingerprint density at radius 2 is 2.29 bits per heavy atom. The molecule has 3 aromatic rings. The second kappa shape index (κ2) is 6.50. The number of carbonyl (C=O) groups excluding carboxylic acids is 1. The summed E-state index contributed by atoms with van der Waals surface area (Å²) in [5, 5.41) is 11.9. The van der Waals surface area contributed by atoms with Crippen LogP contribution in [0, 0.1) is 6.92 Å². The lowest BCUT2D eigenvalue weighted by molar-refractivity contribution is 0.0956. The van der Waals surface area contributed by atoms with Crippen LogP contribution in [0.3, 0.4) is 0 Å². The van der Waals surface area contributed by atoms with E-state index in [4.69, 9.17) is 0 Å². The van der Waals surface area contributed by atoms with E-state index in [0.29, 0.717) is 12.1 Å². The first-order valence-electron chi connectivity index (χ1n) is 6.27. The smallest absolute Gasteiger partial charge is 0.251 e. The summed E-state index contributed by atoms with van der Waals surface area (Å²) in [7, 11) is 0. The normalized spacial score (nSPS) is 10.9. The Bertz CT molecular complexity index is 767. The van der Waals surface area contributed by atoms with Crippen molar-refractivity contribution in [2.45, 2.75) is 11.3 Å². The number of fused-ring (bicyclic) bond motifs is 1. The number of hydrogen-bond acceptors (Lipinski definition) is 7. The van der Waals surface area contributed by atoms with Gasteiger partial charge in [-0.3, -0.25) is 4.79 Å². The Hall–Kier alpha value is -1.51. The Kier molecular flexibility index (Phi) is 4.47. The fourth-order valence-electron chi connectivity index (χ4n) is 1.74. The maximum Gasteiger partial charge on any atom is 0.251 e. The molecule has 0 aliphatic carbocycles. The fraction of sp³-hybridized carbons (Fsp3) is 0.231. The van der Waals surface area contributed by atoms with E-state index in [-0.39, 0.29) is 5.91 Å². The summed E-state index contributed by atoms with van der Waals surface area (Å²) in [5.74, 6) is 0.725. The molecule has 8 heteroatoms. The molecule has 0 spiro atoms. The number of amides is 1. The molecule has 108 valence electrons. The number of carbonyl (C=O) groups is 1. The maximum atomic E-state index is 12.1. The Balaban J connectivity index is 1.51. The number of thioether (sulfide) groups is 1. The summed E-state index contributed by atoms with van der Waals surface area (Å²) >= 11 is 4.71. The molecular weight excluding hydrogens is 324 g/mol. The van der Waals surface area contributed by atoms with E-state index in [1.54, 1.807) is 34.7 Å². The SMILES string of the molecule is Cc1nnc(SCCNC(=O)c2ccc3ncsc3c2)s1. The third-order valence-corrected chi connectivity index (χ3v) is 5.48. The van der Waals surface area contributed by atoms with E-state index in [9.17, 15) is 4.79 Å². The number of benzene rings is 1. The number of nitrogens with zero attached hydrogens (tertiary/aromatic N) is 3. The predicted octanol–water partition coefficient (Wildman–Crippen LogP) is 2.98. The van der Waals surface area contributed by atoms with Crippen LogP contribution in [0.15, 0.2) is 28.0 Å². The van der Waals surface area contributed by atoms with Crippen molar-refractivity contribution in [2.24, 2.45) is 0 Å². The summed E-state index contributed by atoms with van der Waals surface area (Å²) in [6.45, 7) is 2.53. The second-order valence-electron chi connectivity index (χ2n) is 4.23. The number of aryl methyl sites for hydroxylation is 1. The van der Waals surface area contributed by atoms with Crippen LogP contribution in [-0.4, -0.2) is 33.4 Å². The number of nitrogens with one attached hydrogen (secondary N) is 1. The average Bonchev–Trinajstić information content (AvgIpc) is 3.11. The van der Waals surface area contributed by atoms with Gasteiger partial charge in [-0.2, -0.15) is 0 Å². The zero-order chi connectivity index (χ0) is 14.7. The van der Waals surface area contributed by atoms with Gasteiger partial charge >= 0.3 is 0 Å². The van der Waals surface area contributed by atoms with Gasteiger partial charge < -0.3 is 5.32 Å². The first kappa shape index (κ1) is 14.4. The summed E-state index contributed by atoms with van der Waals surface area (Å²) in [6.07, 6.45) is 0. The molecule has 2 heterocycles. The van der Waals surface area contributed by atoms with E-state index < -0.39 is 0 Å². The highest BCUT2D eigenvalue weighted by atomic mass is 32.2. The third kappa shape index (κ3) is 3.58. The van der Waals surface area contributed by atoms with Crippen LogP contribution in [0.5, 0.6) is 0 Å². The Labute approximate surface area is 133 Å². The molecule has 0 atom stereocenters. The Morgan fingerprint density at radius 3 is 3.10 bits per heavy atom. The lowest BCUT2D eigenvalue weighted by Crippen LogP contribution is -2.25. The number of rotatable bonds is 5. The van der Waals surface area contributed by atoms with Crippen LogP contribution >= 0.6 is 34.4 Å². The van der Waals surface area contributed by atoms with Gasteiger partial charge in [0.15, 0.2) is 4.34 Å². The van der Waals surface area contributed by atoms with Gasteiger partial charge in [0.1, 0.15) is 5.01 Å². The molecule has 3 rings (SSSR count). The minimum Gasteiger partial charge on any atom is -0.351 e. The van der Waals surface area contributed by atoms with Gasteiger partial charge in [-0.15, -0.1) is 21.5 Å². The molecule has 1 N–H and O–H groups in total. The van der Waals surface area contributed by atoms with Crippen molar-refractivity contribution in [3.63, 3.8) is 0 Å². The molecular formula is C13H12N4OS3. The number of aromatic nitrogens is 3. The Morgan fingerprint density at radius 1 is 1.38 bits per heavy atom. The molecule has 5 nitrogen and oxygen atoms in total. The van der Waals surface area contributed by atoms with Crippen molar-refractivity contribution < 1.29 is 4.79 Å². The topological polar surface area (TPSA) is 67.8 Å². The van der Waals surface area contributed by atoms with E-state index in [0.717, 1.165) is 25.3 Å². The lowest BCUT2D eigenvalue weighted by Gasteiger charge is -2.04. The molecule has 0 aliphatic rings. The second-order valence-corrected chi connectivity index (χ2v) is 7.64. The molecule has 2 aromatic heterocycles. The van der Waals surface area contributed by atoms with Crippen LogP contribution < -0.4 is 5.32 Å². The summed E-state index contributed by atoms with van der Waals surface area (Å²) in [4.78, 5) is 16.3. The van der Waals surface area contributed by atoms with Crippen LogP contribution in [0.4, 0.5) is 0 Å². The van der Waals surface area contributed by atoms with Gasteiger partial charge in [0, 0.05) is 17.9 Å². The molecule has 0 saturated heterocycles. The van der Waals surface area contributed by atoms with E-state index >= 15 is 0 Å². The quantitative estimate of drug-likeness (QED) is 0.573. The summed E-state index contributed by atoms with van der Waals surface area (Å²) in [5.41, 5.74) is 3.38. The summed E-state index contributed by atoms with van der Waals surface area (Å²) < 4.78 is 1.97. The van der Waals surface area contributed by atoms with Crippen molar-refractivity contribution in [1.29, 1.82) is 0 Å².